The molecule has 0 spiro atoms. The maximum Gasteiger partial charge on any atom is 0.416 e. The SMILES string of the molecule is CCc1ccc2c(c1)c1c(n2CCc2cnc(C)cc2C(F)(F)F)CCNC1. The van der Waals surface area contributed by atoms with Gasteiger partial charge in [-0.2, -0.15) is 13.2 Å². The first-order valence-electron chi connectivity index (χ1n) is 9.74. The second kappa shape index (κ2) is 7.24. The summed E-state index contributed by atoms with van der Waals surface area (Å²) in [7, 11) is 0. The van der Waals surface area contributed by atoms with Crippen LogP contribution in [0.3, 0.4) is 0 Å². The highest BCUT2D eigenvalue weighted by molar-refractivity contribution is 5.86. The molecule has 1 aliphatic heterocycles. The number of benzene rings is 1. The molecule has 1 N–H and O–H groups in total. The Labute approximate surface area is 162 Å². The van der Waals surface area contributed by atoms with Crippen molar-refractivity contribution in [1.29, 1.82) is 0 Å². The van der Waals surface area contributed by atoms with Crippen LogP contribution in [0.25, 0.3) is 10.9 Å². The average molecular weight is 387 g/mol. The normalized spacial score (nSPS) is 14.5. The second-order valence-electron chi connectivity index (χ2n) is 7.44. The maximum atomic E-state index is 13.5. The van der Waals surface area contributed by atoms with Crippen molar-refractivity contribution in [3.63, 3.8) is 0 Å². The molecule has 3 heterocycles. The summed E-state index contributed by atoms with van der Waals surface area (Å²) in [6.45, 7) is 5.94. The molecule has 0 radical (unpaired) electrons. The number of alkyl halides is 3. The van der Waals surface area contributed by atoms with Crippen molar-refractivity contribution in [2.45, 2.75) is 52.4 Å². The van der Waals surface area contributed by atoms with Crippen LogP contribution < -0.4 is 5.32 Å². The van der Waals surface area contributed by atoms with E-state index >= 15 is 0 Å². The van der Waals surface area contributed by atoms with Crippen LogP contribution in [0.4, 0.5) is 13.2 Å². The largest absolute Gasteiger partial charge is 0.416 e. The Morgan fingerprint density at radius 3 is 2.79 bits per heavy atom. The van der Waals surface area contributed by atoms with Crippen LogP contribution in [0.15, 0.2) is 30.5 Å². The molecule has 4 rings (SSSR count). The Hall–Kier alpha value is -2.34. The molecule has 3 nitrogen and oxygen atoms in total. The van der Waals surface area contributed by atoms with Gasteiger partial charge in [-0.25, -0.2) is 0 Å². The van der Waals surface area contributed by atoms with Crippen LogP contribution in [0.2, 0.25) is 0 Å². The minimum absolute atomic E-state index is 0.257. The third-order valence-corrected chi connectivity index (χ3v) is 5.63. The molecule has 6 heteroatoms. The third kappa shape index (κ3) is 3.41. The fourth-order valence-corrected chi connectivity index (χ4v) is 4.19. The first kappa shape index (κ1) is 19.0. The first-order chi connectivity index (χ1) is 13.4. The van der Waals surface area contributed by atoms with Crippen LogP contribution in [0.5, 0.6) is 0 Å². The van der Waals surface area contributed by atoms with E-state index in [1.54, 1.807) is 6.92 Å². The van der Waals surface area contributed by atoms with Crippen LogP contribution in [-0.4, -0.2) is 16.1 Å². The molecule has 28 heavy (non-hydrogen) atoms. The summed E-state index contributed by atoms with van der Waals surface area (Å²) in [6, 6.07) is 7.61. The molecule has 0 aliphatic carbocycles. The van der Waals surface area contributed by atoms with Crippen molar-refractivity contribution in [3.05, 3.63) is 64.1 Å². The molecule has 1 aliphatic rings. The van der Waals surface area contributed by atoms with E-state index in [-0.39, 0.29) is 5.56 Å². The number of halogens is 3. The van der Waals surface area contributed by atoms with Gasteiger partial charge in [-0.05, 0) is 54.7 Å². The Morgan fingerprint density at radius 2 is 2.04 bits per heavy atom. The second-order valence-corrected chi connectivity index (χ2v) is 7.44. The van der Waals surface area contributed by atoms with E-state index in [1.807, 2.05) is 0 Å². The lowest BCUT2D eigenvalue weighted by molar-refractivity contribution is -0.138. The Morgan fingerprint density at radius 1 is 1.21 bits per heavy atom. The van der Waals surface area contributed by atoms with Crippen molar-refractivity contribution >= 4 is 10.9 Å². The minimum Gasteiger partial charge on any atom is -0.344 e. The summed E-state index contributed by atoms with van der Waals surface area (Å²) in [6.07, 6.45) is -0.813. The monoisotopic (exact) mass is 387 g/mol. The zero-order valence-corrected chi connectivity index (χ0v) is 16.2. The number of nitrogens with one attached hydrogen (secondary N) is 1. The fourth-order valence-electron chi connectivity index (χ4n) is 4.19. The van der Waals surface area contributed by atoms with Crippen molar-refractivity contribution in [2.75, 3.05) is 6.54 Å². The van der Waals surface area contributed by atoms with Gasteiger partial charge in [-0.1, -0.05) is 13.0 Å². The van der Waals surface area contributed by atoms with Gasteiger partial charge in [0.1, 0.15) is 0 Å². The number of rotatable bonds is 4. The van der Waals surface area contributed by atoms with E-state index in [1.165, 1.54) is 28.4 Å². The quantitative estimate of drug-likeness (QED) is 0.696. The van der Waals surface area contributed by atoms with Gasteiger partial charge >= 0.3 is 6.18 Å². The van der Waals surface area contributed by atoms with Gasteiger partial charge in [0.2, 0.25) is 0 Å². The lowest BCUT2D eigenvalue weighted by Crippen LogP contribution is -2.25. The van der Waals surface area contributed by atoms with Gasteiger partial charge in [0.05, 0.1) is 5.56 Å². The molecular formula is C22H24F3N3. The van der Waals surface area contributed by atoms with Gasteiger partial charge in [-0.15, -0.1) is 0 Å². The van der Waals surface area contributed by atoms with Crippen LogP contribution in [-0.2, 0) is 38.5 Å². The van der Waals surface area contributed by atoms with Gasteiger partial charge in [-0.3, -0.25) is 4.98 Å². The highest BCUT2D eigenvalue weighted by Crippen LogP contribution is 2.34. The van der Waals surface area contributed by atoms with Crippen molar-refractivity contribution in [2.24, 2.45) is 0 Å². The summed E-state index contributed by atoms with van der Waals surface area (Å²) < 4.78 is 42.6. The summed E-state index contributed by atoms with van der Waals surface area (Å²) in [5.41, 5.74) is 5.00. The molecule has 0 amide bonds. The number of hydrogen-bond acceptors (Lipinski definition) is 2. The maximum absolute atomic E-state index is 13.5. The molecule has 0 unspecified atom stereocenters. The molecule has 0 saturated carbocycles. The molecule has 0 bridgehead atoms. The van der Waals surface area contributed by atoms with E-state index in [9.17, 15) is 13.2 Å². The number of hydrogen-bond donors (Lipinski definition) is 1. The van der Waals surface area contributed by atoms with E-state index in [4.69, 9.17) is 0 Å². The number of pyridine rings is 1. The predicted molar refractivity (Wildman–Crippen MR) is 104 cm³/mol. The Kier molecular flexibility index (Phi) is 4.91. The molecular weight excluding hydrogens is 363 g/mol. The third-order valence-electron chi connectivity index (χ3n) is 5.63. The lowest BCUT2D eigenvalue weighted by atomic mass is 10.0. The zero-order chi connectivity index (χ0) is 19.9. The molecule has 0 atom stereocenters. The van der Waals surface area contributed by atoms with E-state index in [0.717, 1.165) is 37.5 Å². The van der Waals surface area contributed by atoms with Gasteiger partial charge < -0.3 is 9.88 Å². The van der Waals surface area contributed by atoms with Gasteiger partial charge in [0, 0.05) is 54.5 Å². The standard InChI is InChI=1S/C22H24F3N3/c1-3-15-4-5-20-17(11-15)18-13-26-8-6-21(18)28(20)9-7-16-12-27-14(2)10-19(16)22(23,24)25/h4-5,10-12,26H,3,6-9,13H2,1-2H3. The molecule has 3 aromatic rings. The molecule has 2 aromatic heterocycles. The van der Waals surface area contributed by atoms with E-state index < -0.39 is 11.7 Å². The van der Waals surface area contributed by atoms with Crippen molar-refractivity contribution < 1.29 is 13.2 Å². The topological polar surface area (TPSA) is 29.9 Å². The molecule has 0 saturated heterocycles. The van der Waals surface area contributed by atoms with E-state index in [2.05, 4.69) is 40.0 Å². The highest BCUT2D eigenvalue weighted by atomic mass is 19.4. The number of aromatic nitrogens is 2. The summed E-state index contributed by atoms with van der Waals surface area (Å²) in [5, 5.41) is 4.64. The summed E-state index contributed by atoms with van der Waals surface area (Å²) in [4.78, 5) is 4.11. The van der Waals surface area contributed by atoms with Gasteiger partial charge in [0.15, 0.2) is 0 Å². The lowest BCUT2D eigenvalue weighted by Gasteiger charge is -2.18. The summed E-state index contributed by atoms with van der Waals surface area (Å²) >= 11 is 0. The van der Waals surface area contributed by atoms with Crippen molar-refractivity contribution in [1.82, 2.24) is 14.9 Å². The number of fused-ring (bicyclic) bond motifs is 3. The number of aryl methyl sites for hydroxylation is 4. The smallest absolute Gasteiger partial charge is 0.344 e. The zero-order valence-electron chi connectivity index (χ0n) is 16.2. The Bertz CT molecular complexity index is 1020. The Balaban J connectivity index is 1.74. The molecule has 0 fully saturated rings. The first-order valence-corrected chi connectivity index (χ1v) is 9.74. The summed E-state index contributed by atoms with van der Waals surface area (Å²) in [5.74, 6) is 0. The fraction of sp³-hybridized carbons (Fsp3) is 0.409. The van der Waals surface area contributed by atoms with Crippen LogP contribution >= 0.6 is 0 Å². The van der Waals surface area contributed by atoms with Crippen LogP contribution in [0, 0.1) is 6.92 Å². The predicted octanol–water partition coefficient (Wildman–Crippen LogP) is 4.81. The van der Waals surface area contributed by atoms with Crippen LogP contribution in [0.1, 0.15) is 40.6 Å². The number of nitrogens with zero attached hydrogens (tertiary/aromatic N) is 2. The van der Waals surface area contributed by atoms with Gasteiger partial charge in [0.25, 0.3) is 0 Å². The average Bonchev–Trinajstić information content (AvgIpc) is 2.99. The van der Waals surface area contributed by atoms with Crippen molar-refractivity contribution in [3.8, 4) is 0 Å². The minimum atomic E-state index is -4.36. The highest BCUT2D eigenvalue weighted by Gasteiger charge is 2.33. The van der Waals surface area contributed by atoms with E-state index in [0.29, 0.717) is 18.7 Å². The molecule has 148 valence electrons. The molecule has 1 aromatic carbocycles.